The second kappa shape index (κ2) is 11.7. The number of carbonyl (C=O) groups is 1. The predicted octanol–water partition coefficient (Wildman–Crippen LogP) is 4.93. The Balaban J connectivity index is 1.35. The van der Waals surface area contributed by atoms with Gasteiger partial charge in [-0.1, -0.05) is 6.07 Å². The number of nitrogens with one attached hydrogen (secondary N) is 2. The molecule has 8 nitrogen and oxygen atoms in total. The number of anilines is 1. The van der Waals surface area contributed by atoms with Crippen LogP contribution >= 0.6 is 11.8 Å². The first-order valence-corrected chi connectivity index (χ1v) is 13.9. The first kappa shape index (κ1) is 25.8. The quantitative estimate of drug-likeness (QED) is 0.280. The van der Waals surface area contributed by atoms with Gasteiger partial charge in [0.15, 0.2) is 0 Å². The molecule has 1 amide bonds. The van der Waals surface area contributed by atoms with Crippen LogP contribution in [0.25, 0.3) is 22.2 Å². The highest BCUT2D eigenvalue weighted by molar-refractivity contribution is 7.98. The Kier molecular flexibility index (Phi) is 7.97. The van der Waals surface area contributed by atoms with E-state index in [1.807, 2.05) is 24.5 Å². The molecule has 0 aliphatic heterocycles. The average molecular weight is 533 g/mol. The Bertz CT molecular complexity index is 1430. The summed E-state index contributed by atoms with van der Waals surface area (Å²) in [4.78, 5) is 30.0. The summed E-state index contributed by atoms with van der Waals surface area (Å²) in [6, 6.07) is 10.4. The van der Waals surface area contributed by atoms with Gasteiger partial charge in [-0.3, -0.25) is 9.78 Å². The van der Waals surface area contributed by atoms with Crippen molar-refractivity contribution < 1.29 is 13.9 Å². The maximum atomic E-state index is 14.9. The third kappa shape index (κ3) is 5.85. The van der Waals surface area contributed by atoms with Crippen molar-refractivity contribution in [1.82, 2.24) is 25.3 Å². The number of fused-ring (bicyclic) bond motifs is 1. The van der Waals surface area contributed by atoms with Gasteiger partial charge in [0, 0.05) is 60.7 Å². The monoisotopic (exact) mass is 532 g/mol. The number of ether oxygens (including phenoxy) is 1. The smallest absolute Gasteiger partial charge is 0.251 e. The molecule has 0 radical (unpaired) electrons. The number of rotatable bonds is 11. The number of pyridine rings is 2. The molecule has 1 aliphatic carbocycles. The SMILES string of the molecule is CNC(=O)c1ccnc2c(C(CNc3cc(-c4ccc(OCC5CC5)nc4)ncn3)CSC)ccc(F)c12. The Hall–Kier alpha value is -3.79. The van der Waals surface area contributed by atoms with Crippen molar-refractivity contribution in [3.8, 4) is 17.1 Å². The van der Waals surface area contributed by atoms with Crippen molar-refractivity contribution in [3.63, 3.8) is 0 Å². The van der Waals surface area contributed by atoms with E-state index in [-0.39, 0.29) is 22.8 Å². The number of carbonyl (C=O) groups excluding carboxylic acids is 1. The lowest BCUT2D eigenvalue weighted by molar-refractivity contribution is 0.0964. The fourth-order valence-corrected chi connectivity index (χ4v) is 5.01. The van der Waals surface area contributed by atoms with E-state index in [0.717, 1.165) is 29.2 Å². The molecule has 3 aromatic heterocycles. The van der Waals surface area contributed by atoms with Crippen LogP contribution in [-0.4, -0.2) is 58.1 Å². The summed E-state index contributed by atoms with van der Waals surface area (Å²) in [5, 5.41) is 6.22. The van der Waals surface area contributed by atoms with Crippen LogP contribution in [0.15, 0.2) is 55.1 Å². The van der Waals surface area contributed by atoms with Gasteiger partial charge in [-0.25, -0.2) is 19.3 Å². The maximum absolute atomic E-state index is 14.9. The standard InChI is InChI=1S/C28H29FN6O2S/c1-30-28(36)21-9-10-31-27-20(6-7-22(29)26(21)27)19(15-38-2)13-32-24-11-23(34-16-35-24)18-5-8-25(33-12-18)37-14-17-3-4-17/h5-12,16-17,19H,3-4,13-15H2,1-2H3,(H,30,36)(H,32,34,35). The Labute approximate surface area is 224 Å². The van der Waals surface area contributed by atoms with E-state index in [1.165, 1.54) is 32.3 Å². The summed E-state index contributed by atoms with van der Waals surface area (Å²) in [5.41, 5.74) is 3.24. The molecule has 1 saturated carbocycles. The molecule has 3 heterocycles. The Morgan fingerprint density at radius 1 is 1.16 bits per heavy atom. The molecular formula is C28H29FN6O2S. The number of halogens is 1. The minimum Gasteiger partial charge on any atom is -0.477 e. The van der Waals surface area contributed by atoms with Gasteiger partial charge in [0.1, 0.15) is 18.0 Å². The molecule has 38 heavy (non-hydrogen) atoms. The van der Waals surface area contributed by atoms with E-state index in [9.17, 15) is 9.18 Å². The fraction of sp³-hybridized carbons (Fsp3) is 0.321. The fourth-order valence-electron chi connectivity index (χ4n) is 4.31. The molecule has 1 unspecified atom stereocenters. The first-order chi connectivity index (χ1) is 18.6. The first-order valence-electron chi connectivity index (χ1n) is 12.5. The van der Waals surface area contributed by atoms with Gasteiger partial charge in [-0.2, -0.15) is 11.8 Å². The third-order valence-electron chi connectivity index (χ3n) is 6.54. The molecule has 0 spiro atoms. The van der Waals surface area contributed by atoms with Crippen molar-refractivity contribution in [1.29, 1.82) is 0 Å². The normalized spacial score (nSPS) is 13.8. The molecule has 1 aromatic carbocycles. The minimum absolute atomic E-state index is 0.0106. The minimum atomic E-state index is -0.468. The van der Waals surface area contributed by atoms with Gasteiger partial charge in [0.05, 0.1) is 23.4 Å². The highest BCUT2D eigenvalue weighted by atomic mass is 32.2. The van der Waals surface area contributed by atoms with E-state index in [4.69, 9.17) is 4.74 Å². The zero-order chi connectivity index (χ0) is 26.5. The van der Waals surface area contributed by atoms with Crippen molar-refractivity contribution in [2.75, 3.05) is 37.5 Å². The number of aromatic nitrogens is 4. The van der Waals surface area contributed by atoms with Gasteiger partial charge in [-0.05, 0) is 48.8 Å². The molecule has 5 rings (SSSR count). The predicted molar refractivity (Wildman–Crippen MR) is 148 cm³/mol. The highest BCUT2D eigenvalue weighted by Gasteiger charge is 2.22. The van der Waals surface area contributed by atoms with Crippen LogP contribution < -0.4 is 15.4 Å². The second-order valence-corrected chi connectivity index (χ2v) is 10.2. The Morgan fingerprint density at radius 2 is 2.03 bits per heavy atom. The van der Waals surface area contributed by atoms with E-state index in [0.29, 0.717) is 29.7 Å². The second-order valence-electron chi connectivity index (χ2n) is 9.26. The van der Waals surface area contributed by atoms with Crippen LogP contribution in [0, 0.1) is 11.7 Å². The summed E-state index contributed by atoms with van der Waals surface area (Å²) in [7, 11) is 1.53. The van der Waals surface area contributed by atoms with E-state index >= 15 is 0 Å². The zero-order valence-electron chi connectivity index (χ0n) is 21.3. The zero-order valence-corrected chi connectivity index (χ0v) is 22.1. The lowest BCUT2D eigenvalue weighted by Gasteiger charge is -2.20. The van der Waals surface area contributed by atoms with Gasteiger partial charge in [0.25, 0.3) is 5.91 Å². The lowest BCUT2D eigenvalue weighted by Crippen LogP contribution is -2.20. The molecule has 0 bridgehead atoms. The van der Waals surface area contributed by atoms with E-state index in [1.54, 1.807) is 36.3 Å². The van der Waals surface area contributed by atoms with Crippen LogP contribution in [0.1, 0.15) is 34.7 Å². The number of amides is 1. The summed E-state index contributed by atoms with van der Waals surface area (Å²) < 4.78 is 20.6. The maximum Gasteiger partial charge on any atom is 0.251 e. The van der Waals surface area contributed by atoms with Crippen molar-refractivity contribution in [3.05, 3.63) is 72.1 Å². The van der Waals surface area contributed by atoms with Crippen molar-refractivity contribution >= 4 is 34.4 Å². The highest BCUT2D eigenvalue weighted by Crippen LogP contribution is 2.31. The number of nitrogens with zero attached hydrogens (tertiary/aromatic N) is 4. The van der Waals surface area contributed by atoms with Gasteiger partial charge < -0.3 is 15.4 Å². The van der Waals surface area contributed by atoms with E-state index in [2.05, 4.69) is 30.6 Å². The Morgan fingerprint density at radius 3 is 2.76 bits per heavy atom. The van der Waals surface area contributed by atoms with Crippen LogP contribution in [-0.2, 0) is 0 Å². The van der Waals surface area contributed by atoms with Crippen molar-refractivity contribution in [2.45, 2.75) is 18.8 Å². The summed E-state index contributed by atoms with van der Waals surface area (Å²) in [5.74, 6) is 1.90. The van der Waals surface area contributed by atoms with Crippen LogP contribution in [0.3, 0.4) is 0 Å². The van der Waals surface area contributed by atoms with Crippen LogP contribution in [0.4, 0.5) is 10.2 Å². The topological polar surface area (TPSA) is 102 Å². The molecule has 1 aliphatic rings. The number of hydrogen-bond donors (Lipinski definition) is 2. The molecule has 1 atom stereocenters. The molecular weight excluding hydrogens is 503 g/mol. The van der Waals surface area contributed by atoms with Gasteiger partial charge >= 0.3 is 0 Å². The largest absolute Gasteiger partial charge is 0.477 e. The van der Waals surface area contributed by atoms with E-state index < -0.39 is 5.82 Å². The van der Waals surface area contributed by atoms with Crippen LogP contribution in [0.5, 0.6) is 5.88 Å². The van der Waals surface area contributed by atoms with Crippen molar-refractivity contribution in [2.24, 2.45) is 5.92 Å². The van der Waals surface area contributed by atoms with Crippen LogP contribution in [0.2, 0.25) is 0 Å². The third-order valence-corrected chi connectivity index (χ3v) is 7.28. The van der Waals surface area contributed by atoms with Gasteiger partial charge in [-0.15, -0.1) is 0 Å². The summed E-state index contributed by atoms with van der Waals surface area (Å²) in [6.07, 6.45) is 9.31. The number of thioether (sulfide) groups is 1. The number of benzene rings is 1. The molecule has 2 N–H and O–H groups in total. The summed E-state index contributed by atoms with van der Waals surface area (Å²) >= 11 is 1.68. The molecule has 0 saturated heterocycles. The van der Waals surface area contributed by atoms with Gasteiger partial charge in [0.2, 0.25) is 5.88 Å². The number of hydrogen-bond acceptors (Lipinski definition) is 8. The lowest BCUT2D eigenvalue weighted by atomic mass is 9.95. The molecule has 196 valence electrons. The summed E-state index contributed by atoms with van der Waals surface area (Å²) in [6.45, 7) is 1.26. The molecule has 1 fully saturated rings. The molecule has 4 aromatic rings. The average Bonchev–Trinajstić information content (AvgIpc) is 3.79. The molecule has 10 heteroatoms.